The molecule has 0 saturated heterocycles. The number of nitriles is 1. The van der Waals surface area contributed by atoms with Crippen molar-refractivity contribution in [1.82, 2.24) is 15.0 Å². The highest BCUT2D eigenvalue weighted by Crippen LogP contribution is 2.31. The molecule has 0 fully saturated rings. The Morgan fingerprint density at radius 2 is 2.04 bits per heavy atom. The molecular weight excluding hydrogens is 310 g/mol. The van der Waals surface area contributed by atoms with Crippen LogP contribution < -0.4 is 5.32 Å². The van der Waals surface area contributed by atoms with Gasteiger partial charge in [-0.15, -0.1) is 0 Å². The molecule has 0 aliphatic rings. The van der Waals surface area contributed by atoms with Gasteiger partial charge in [0.05, 0.1) is 22.6 Å². The number of anilines is 1. The van der Waals surface area contributed by atoms with Crippen LogP contribution in [0.1, 0.15) is 11.1 Å². The average Bonchev–Trinajstić information content (AvgIpc) is 3.01. The van der Waals surface area contributed by atoms with Crippen LogP contribution in [-0.2, 0) is 0 Å². The number of aryl methyl sites for hydroxylation is 1. The molecule has 0 aliphatic carbocycles. The van der Waals surface area contributed by atoms with Crippen LogP contribution in [0.5, 0.6) is 0 Å². The lowest BCUT2D eigenvalue weighted by Crippen LogP contribution is -1.94. The second-order valence-electron chi connectivity index (χ2n) is 5.08. The van der Waals surface area contributed by atoms with E-state index >= 15 is 0 Å². The van der Waals surface area contributed by atoms with Crippen LogP contribution in [0, 0.1) is 18.3 Å². The highest BCUT2D eigenvalue weighted by molar-refractivity contribution is 6.30. The average molecular weight is 324 g/mol. The third-order valence-electron chi connectivity index (χ3n) is 3.61. The quantitative estimate of drug-likeness (QED) is 0.763. The number of hydrogen-bond donors (Lipinski definition) is 2. The molecule has 0 spiro atoms. The monoisotopic (exact) mass is 323 g/mol. The summed E-state index contributed by atoms with van der Waals surface area (Å²) in [6, 6.07) is 11.5. The molecule has 0 amide bonds. The van der Waals surface area contributed by atoms with Gasteiger partial charge >= 0.3 is 0 Å². The summed E-state index contributed by atoms with van der Waals surface area (Å²) in [6.45, 7) is 1.98. The van der Waals surface area contributed by atoms with Crippen molar-refractivity contribution in [2.24, 2.45) is 0 Å². The van der Waals surface area contributed by atoms with Gasteiger partial charge in [0.1, 0.15) is 18.2 Å². The maximum Gasteiger partial charge on any atom is 0.129 e. The molecule has 6 heteroatoms. The van der Waals surface area contributed by atoms with Crippen molar-refractivity contribution in [3.8, 4) is 28.7 Å². The highest BCUT2D eigenvalue weighted by atomic mass is 35.5. The molecule has 114 valence electrons. The van der Waals surface area contributed by atoms with Crippen molar-refractivity contribution in [3.63, 3.8) is 0 Å². The van der Waals surface area contributed by atoms with Crippen molar-refractivity contribution in [1.29, 1.82) is 5.26 Å². The first-order valence-corrected chi connectivity index (χ1v) is 7.40. The van der Waals surface area contributed by atoms with Crippen molar-refractivity contribution >= 4 is 17.4 Å². The molecule has 3 rings (SSSR count). The van der Waals surface area contributed by atoms with Crippen LogP contribution >= 0.6 is 11.6 Å². The summed E-state index contributed by atoms with van der Waals surface area (Å²) < 4.78 is 0. The second-order valence-corrected chi connectivity index (χ2v) is 5.52. The van der Waals surface area contributed by atoms with E-state index < -0.39 is 0 Å². The lowest BCUT2D eigenvalue weighted by Gasteiger charge is -2.05. The minimum Gasteiger partial charge on any atom is -0.373 e. The van der Waals surface area contributed by atoms with E-state index in [2.05, 4.69) is 26.3 Å². The fraction of sp³-hybridized carbons (Fsp3) is 0.118. The Labute approximate surface area is 139 Å². The molecule has 1 aromatic carbocycles. The molecule has 0 saturated carbocycles. The molecule has 3 aromatic rings. The molecule has 0 radical (unpaired) electrons. The highest BCUT2D eigenvalue weighted by Gasteiger charge is 2.14. The van der Waals surface area contributed by atoms with Gasteiger partial charge in [0, 0.05) is 23.7 Å². The largest absolute Gasteiger partial charge is 0.373 e. The first-order chi connectivity index (χ1) is 11.1. The molecule has 0 bridgehead atoms. The molecule has 0 unspecified atom stereocenters. The fourth-order valence-corrected chi connectivity index (χ4v) is 2.57. The number of benzene rings is 1. The zero-order chi connectivity index (χ0) is 16.4. The number of aromatic nitrogens is 3. The van der Waals surface area contributed by atoms with E-state index in [1.165, 1.54) is 6.33 Å². The van der Waals surface area contributed by atoms with Gasteiger partial charge in [-0.25, -0.2) is 9.97 Å². The van der Waals surface area contributed by atoms with Crippen LogP contribution in [0.3, 0.4) is 0 Å². The van der Waals surface area contributed by atoms with E-state index in [0.717, 1.165) is 22.5 Å². The SMILES string of the molecule is CNc1cc(-c2cc(C#N)c(-c3cc(Cl)ccc3C)[nH]2)ncn1. The second kappa shape index (κ2) is 6.11. The normalized spacial score (nSPS) is 10.3. The first kappa shape index (κ1) is 15.1. The summed E-state index contributed by atoms with van der Waals surface area (Å²) in [7, 11) is 1.79. The van der Waals surface area contributed by atoms with Crippen LogP contribution in [0.25, 0.3) is 22.6 Å². The lowest BCUT2D eigenvalue weighted by atomic mass is 10.0. The number of halogens is 1. The van der Waals surface area contributed by atoms with Crippen LogP contribution in [0.4, 0.5) is 5.82 Å². The van der Waals surface area contributed by atoms with Gasteiger partial charge in [-0.05, 0) is 30.7 Å². The number of nitrogens with zero attached hydrogens (tertiary/aromatic N) is 3. The smallest absolute Gasteiger partial charge is 0.129 e. The Balaban J connectivity index is 2.15. The fourth-order valence-electron chi connectivity index (χ4n) is 2.40. The Kier molecular flexibility index (Phi) is 4.00. The van der Waals surface area contributed by atoms with E-state index in [-0.39, 0.29) is 0 Å². The van der Waals surface area contributed by atoms with Gasteiger partial charge in [0.25, 0.3) is 0 Å². The Morgan fingerprint density at radius 3 is 2.78 bits per heavy atom. The maximum atomic E-state index is 9.45. The van der Waals surface area contributed by atoms with E-state index in [9.17, 15) is 5.26 Å². The zero-order valence-corrected chi connectivity index (χ0v) is 13.4. The van der Waals surface area contributed by atoms with Gasteiger partial charge in [0.15, 0.2) is 0 Å². The molecular formula is C17H14ClN5. The van der Waals surface area contributed by atoms with E-state index in [0.29, 0.717) is 22.1 Å². The van der Waals surface area contributed by atoms with Gasteiger partial charge in [-0.1, -0.05) is 17.7 Å². The van der Waals surface area contributed by atoms with Crippen molar-refractivity contribution < 1.29 is 0 Å². The van der Waals surface area contributed by atoms with Crippen LogP contribution in [0.2, 0.25) is 5.02 Å². The molecule has 2 heterocycles. The Bertz CT molecular complexity index is 908. The molecule has 0 atom stereocenters. The minimum atomic E-state index is 0.551. The van der Waals surface area contributed by atoms with Gasteiger partial charge in [-0.3, -0.25) is 0 Å². The third-order valence-corrected chi connectivity index (χ3v) is 3.84. The number of H-pyrrole nitrogens is 1. The molecule has 5 nitrogen and oxygen atoms in total. The van der Waals surface area contributed by atoms with Crippen LogP contribution in [0.15, 0.2) is 36.7 Å². The number of hydrogen-bond acceptors (Lipinski definition) is 4. The maximum absolute atomic E-state index is 9.45. The minimum absolute atomic E-state index is 0.551. The number of nitrogens with one attached hydrogen (secondary N) is 2. The topological polar surface area (TPSA) is 77.4 Å². The van der Waals surface area contributed by atoms with E-state index in [4.69, 9.17) is 11.6 Å². The Morgan fingerprint density at radius 1 is 1.22 bits per heavy atom. The van der Waals surface area contributed by atoms with Gasteiger partial charge in [-0.2, -0.15) is 5.26 Å². The molecule has 0 aliphatic heterocycles. The summed E-state index contributed by atoms with van der Waals surface area (Å²) in [4.78, 5) is 11.6. The predicted molar refractivity (Wildman–Crippen MR) is 91.3 cm³/mol. The Hall–Kier alpha value is -2.84. The lowest BCUT2D eigenvalue weighted by molar-refractivity contribution is 1.15. The zero-order valence-electron chi connectivity index (χ0n) is 12.7. The van der Waals surface area contributed by atoms with E-state index in [1.807, 2.05) is 31.2 Å². The summed E-state index contributed by atoms with van der Waals surface area (Å²) in [5, 5.41) is 13.1. The van der Waals surface area contributed by atoms with Gasteiger partial charge < -0.3 is 10.3 Å². The number of aromatic amines is 1. The molecule has 2 aromatic heterocycles. The van der Waals surface area contributed by atoms with Gasteiger partial charge in [0.2, 0.25) is 0 Å². The van der Waals surface area contributed by atoms with E-state index in [1.54, 1.807) is 13.1 Å². The standard InChI is InChI=1S/C17H14ClN5/c1-10-3-4-12(18)6-13(10)17-11(8-19)5-15(23-17)14-7-16(20-2)22-9-21-14/h3-7,9,23H,1-2H3,(H,20,21,22). The predicted octanol–water partition coefficient (Wildman–Crippen LogP) is 4.01. The van der Waals surface area contributed by atoms with Crippen molar-refractivity contribution in [2.45, 2.75) is 6.92 Å². The van der Waals surface area contributed by atoms with Crippen molar-refractivity contribution in [2.75, 3.05) is 12.4 Å². The van der Waals surface area contributed by atoms with Crippen LogP contribution in [-0.4, -0.2) is 22.0 Å². The molecule has 2 N–H and O–H groups in total. The van der Waals surface area contributed by atoms with Crippen molar-refractivity contribution in [3.05, 3.63) is 52.8 Å². The summed E-state index contributed by atoms with van der Waals surface area (Å²) in [6.07, 6.45) is 1.48. The molecule has 23 heavy (non-hydrogen) atoms. The summed E-state index contributed by atoms with van der Waals surface area (Å²) in [5.74, 6) is 0.712. The first-order valence-electron chi connectivity index (χ1n) is 7.02. The summed E-state index contributed by atoms with van der Waals surface area (Å²) >= 11 is 6.10. The third kappa shape index (κ3) is 2.89. The summed E-state index contributed by atoms with van der Waals surface area (Å²) in [5.41, 5.74) is 4.71. The number of rotatable bonds is 3.